The van der Waals surface area contributed by atoms with Crippen molar-refractivity contribution < 1.29 is 21.9 Å². The number of hydrogen-bond acceptors (Lipinski definition) is 3. The van der Waals surface area contributed by atoms with Gasteiger partial charge in [0.05, 0.1) is 0 Å². The van der Waals surface area contributed by atoms with E-state index >= 15 is 0 Å². The zero-order chi connectivity index (χ0) is 17.8. The summed E-state index contributed by atoms with van der Waals surface area (Å²) in [6.07, 6.45) is -2.56. The van der Waals surface area contributed by atoms with Gasteiger partial charge in [-0.2, -0.15) is 0 Å². The van der Waals surface area contributed by atoms with Crippen molar-refractivity contribution in [2.45, 2.75) is 19.3 Å². The van der Waals surface area contributed by atoms with Crippen LogP contribution in [0.15, 0.2) is 18.2 Å². The number of benzene rings is 1. The zero-order valence-electron chi connectivity index (χ0n) is 16.5. The van der Waals surface area contributed by atoms with Crippen LogP contribution in [0.1, 0.15) is 23.5 Å². The molecule has 0 radical (unpaired) electrons. The minimum atomic E-state index is -2.97. The maximum absolute atomic E-state index is 8.12. The number of rotatable bonds is 3. The summed E-state index contributed by atoms with van der Waals surface area (Å²) in [5.74, 6) is 0.0115. The Labute approximate surface area is 96.7 Å². The normalized spacial score (nSPS) is 33.1. The van der Waals surface area contributed by atoms with E-state index in [1.165, 1.54) is 12.1 Å². The van der Waals surface area contributed by atoms with Crippen molar-refractivity contribution in [3.8, 4) is 11.5 Å². The van der Waals surface area contributed by atoms with Gasteiger partial charge < -0.3 is 14.8 Å². The monoisotopic (exact) mass is 202 g/mol. The van der Waals surface area contributed by atoms with Gasteiger partial charge in [-0.05, 0) is 38.0 Å². The molecule has 0 saturated carbocycles. The van der Waals surface area contributed by atoms with Crippen molar-refractivity contribution >= 4 is 0 Å². The lowest BCUT2D eigenvalue weighted by Gasteiger charge is -2.09. The SMILES string of the molecule is [2H]N(C([2H])([2H])[2H])C([2H])(C)C([2H])([2H])c1ccc2c(c1)OC([2H])([2H])O2. The molecule has 1 N–H and O–H groups in total. The van der Waals surface area contributed by atoms with Crippen molar-refractivity contribution in [2.75, 3.05) is 13.7 Å². The molecular formula is C11H15NO2. The van der Waals surface area contributed by atoms with Crippen molar-refractivity contribution in [2.24, 2.45) is 0 Å². The average Bonchev–Trinajstić information content (AvgIpc) is 2.68. The first-order valence-corrected chi connectivity index (χ1v) is 4.00. The third-order valence-corrected chi connectivity index (χ3v) is 1.74. The second-order valence-electron chi connectivity index (χ2n) is 2.77. The van der Waals surface area contributed by atoms with Crippen LogP contribution in [0.25, 0.3) is 0 Å². The molecule has 1 unspecified atom stereocenters. The molecule has 14 heavy (non-hydrogen) atoms. The summed E-state index contributed by atoms with van der Waals surface area (Å²) >= 11 is 0. The van der Waals surface area contributed by atoms with Crippen molar-refractivity contribution in [3.63, 3.8) is 0 Å². The Balaban J connectivity index is 2.41. The minimum Gasteiger partial charge on any atom is -0.454 e. The Morgan fingerprint density at radius 2 is 2.64 bits per heavy atom. The first-order chi connectivity index (χ1) is 10.2. The van der Waals surface area contributed by atoms with Crippen LogP contribution in [0.2, 0.25) is 1.41 Å². The van der Waals surface area contributed by atoms with Crippen molar-refractivity contribution in [1.29, 1.82) is 0 Å². The molecule has 3 heteroatoms. The fraction of sp³-hybridized carbons (Fsp3) is 0.455. The van der Waals surface area contributed by atoms with Gasteiger partial charge in [-0.3, -0.25) is 0 Å². The molecule has 0 fully saturated rings. The second-order valence-corrected chi connectivity index (χ2v) is 2.77. The summed E-state index contributed by atoms with van der Waals surface area (Å²) < 4.78 is 77.9. The fourth-order valence-electron chi connectivity index (χ4n) is 1.10. The third kappa shape index (κ3) is 1.82. The average molecular weight is 202 g/mol. The molecule has 1 aliphatic heterocycles. The molecule has 0 aromatic heterocycles. The molecule has 1 aromatic carbocycles. The molecule has 0 bridgehead atoms. The van der Waals surface area contributed by atoms with Crippen LogP contribution in [0.5, 0.6) is 11.5 Å². The molecule has 0 saturated heterocycles. The molecule has 1 aromatic rings. The van der Waals surface area contributed by atoms with Gasteiger partial charge in [-0.1, -0.05) is 6.07 Å². The van der Waals surface area contributed by atoms with Crippen LogP contribution >= 0.6 is 0 Å². The first kappa shape index (κ1) is 3.42. The van der Waals surface area contributed by atoms with Gasteiger partial charge in [-0.15, -0.1) is 0 Å². The Bertz CT molecular complexity index is 614. The molecule has 0 amide bonds. The zero-order valence-corrected chi connectivity index (χ0v) is 7.50. The summed E-state index contributed by atoms with van der Waals surface area (Å²) in [6, 6.07) is 1.21. The predicted octanol–water partition coefficient (Wildman–Crippen LogP) is 1.57. The van der Waals surface area contributed by atoms with Crippen LogP contribution in [-0.2, 0) is 6.37 Å². The van der Waals surface area contributed by atoms with Gasteiger partial charge >= 0.3 is 0 Å². The maximum Gasteiger partial charge on any atom is 0.231 e. The Kier molecular flexibility index (Phi) is 0.947. The van der Waals surface area contributed by atoms with Gasteiger partial charge in [0.15, 0.2) is 11.5 Å². The molecule has 1 atom stereocenters. The highest BCUT2D eigenvalue weighted by molar-refractivity contribution is 5.44. The Morgan fingerprint density at radius 3 is 3.50 bits per heavy atom. The molecular weight excluding hydrogens is 178 g/mol. The highest BCUT2D eigenvalue weighted by Gasteiger charge is 2.13. The Hall–Kier alpha value is -1.22. The van der Waals surface area contributed by atoms with Crippen LogP contribution in [-0.4, -0.2) is 19.7 Å². The summed E-state index contributed by atoms with van der Waals surface area (Å²) in [6.45, 7) is -4.37. The lowest BCUT2D eigenvalue weighted by molar-refractivity contribution is 0.174. The molecule has 1 heterocycles. The van der Waals surface area contributed by atoms with Gasteiger partial charge in [0.25, 0.3) is 0 Å². The van der Waals surface area contributed by atoms with Gasteiger partial charge in [-0.25, -0.2) is 0 Å². The van der Waals surface area contributed by atoms with E-state index in [4.69, 9.17) is 21.9 Å². The fourth-order valence-corrected chi connectivity index (χ4v) is 1.10. The Morgan fingerprint density at radius 1 is 1.79 bits per heavy atom. The van der Waals surface area contributed by atoms with E-state index in [0.29, 0.717) is 0 Å². The number of hydrogen-bond donors (Lipinski definition) is 1. The summed E-state index contributed by atoms with van der Waals surface area (Å²) in [7, 11) is 0. The summed E-state index contributed by atoms with van der Waals surface area (Å²) in [5, 5.41) is -0.0795. The number of ether oxygens (including phenoxy) is 2. The summed E-state index contributed by atoms with van der Waals surface area (Å²) in [5.41, 5.74) is -0.128. The van der Waals surface area contributed by atoms with E-state index in [9.17, 15) is 0 Å². The highest BCUT2D eigenvalue weighted by Crippen LogP contribution is 2.32. The number of likely N-dealkylation sites (N-methyl/N-ethyl adjacent to an activating group) is 1. The van der Waals surface area contributed by atoms with Crippen LogP contribution in [0, 0.1) is 0 Å². The second kappa shape index (κ2) is 3.88. The van der Waals surface area contributed by atoms with Crippen LogP contribution in [0.3, 0.4) is 0 Å². The molecule has 0 aliphatic carbocycles. The van der Waals surface area contributed by atoms with E-state index in [1.807, 2.05) is 0 Å². The van der Waals surface area contributed by atoms with Gasteiger partial charge in [0.2, 0.25) is 6.75 Å². The van der Waals surface area contributed by atoms with E-state index < -0.39 is 26.1 Å². The van der Waals surface area contributed by atoms with E-state index in [2.05, 4.69) is 0 Å². The molecule has 3 nitrogen and oxygen atoms in total. The predicted molar refractivity (Wildman–Crippen MR) is 54.8 cm³/mol. The van der Waals surface area contributed by atoms with Gasteiger partial charge in [0.1, 0.15) is 4.15 Å². The maximum atomic E-state index is 8.12. The largest absolute Gasteiger partial charge is 0.454 e. The van der Waals surface area contributed by atoms with Crippen LogP contribution in [0.4, 0.5) is 0 Å². The minimum absolute atomic E-state index is 0.0578. The van der Waals surface area contributed by atoms with Crippen LogP contribution < -0.4 is 14.8 Å². The topological polar surface area (TPSA) is 30.5 Å². The third-order valence-electron chi connectivity index (χ3n) is 1.74. The first-order valence-electron chi connectivity index (χ1n) is 8.45. The van der Waals surface area contributed by atoms with Gasteiger partial charge in [0, 0.05) is 14.2 Å². The molecule has 0 spiro atoms. The molecule has 76 valence electrons. The number of fused-ring (bicyclic) bond motifs is 1. The smallest absolute Gasteiger partial charge is 0.231 e. The van der Waals surface area contributed by atoms with Crippen molar-refractivity contribution in [1.82, 2.24) is 5.31 Å². The standard InChI is InChI=1S/C11H15NO2/c1-8(12-2)5-9-3-4-10-11(6-9)14-7-13-10/h3-4,6,8,12H,5,7H2,1-2H3/i2D3,5D2,7D2,8D/hD. The highest BCUT2D eigenvalue weighted by atomic mass is 16.7. The lowest BCUT2D eigenvalue weighted by Crippen LogP contribution is -2.23. The quantitative estimate of drug-likeness (QED) is 0.807. The van der Waals surface area contributed by atoms with E-state index in [0.717, 1.165) is 13.0 Å². The number of nitrogens with one attached hydrogen (secondary N) is 1. The molecule has 1 aliphatic rings. The van der Waals surface area contributed by atoms with Crippen molar-refractivity contribution in [3.05, 3.63) is 23.8 Å². The van der Waals surface area contributed by atoms with E-state index in [-0.39, 0.29) is 22.4 Å². The lowest BCUT2D eigenvalue weighted by atomic mass is 10.1. The molecule has 2 rings (SSSR count). The summed E-state index contributed by atoms with van der Waals surface area (Å²) in [4.78, 5) is 0. The van der Waals surface area contributed by atoms with E-state index in [1.54, 1.807) is 0 Å².